The Kier molecular flexibility index (Phi) is 14.5. The molecule has 0 rings (SSSR count). The van der Waals surface area contributed by atoms with Gasteiger partial charge < -0.3 is 9.47 Å². The molecule has 2 heteroatoms. The standard InChI is InChI=1S/C20H42O2/c1-7-11-13-18(9-3)15-21-20(17(5)6)22-16-19(10-4)14-12-8-2/h17-20H,7-16H2,1-6H3/t18-,19+,20?. The van der Waals surface area contributed by atoms with Crippen LogP contribution in [0.15, 0.2) is 0 Å². The van der Waals surface area contributed by atoms with E-state index in [4.69, 9.17) is 9.47 Å². The lowest BCUT2D eigenvalue weighted by Crippen LogP contribution is -2.28. The molecule has 0 aromatic carbocycles. The van der Waals surface area contributed by atoms with E-state index in [1.165, 1.54) is 51.4 Å². The molecule has 134 valence electrons. The number of hydrogen-bond donors (Lipinski definition) is 0. The monoisotopic (exact) mass is 314 g/mol. The quantitative estimate of drug-likeness (QED) is 0.324. The van der Waals surface area contributed by atoms with Crippen LogP contribution in [0.1, 0.15) is 92.9 Å². The normalized spacial score (nSPS) is 16.0. The van der Waals surface area contributed by atoms with Crippen LogP contribution >= 0.6 is 0 Å². The van der Waals surface area contributed by atoms with E-state index in [0.717, 1.165) is 13.2 Å². The van der Waals surface area contributed by atoms with Gasteiger partial charge in [0, 0.05) is 5.92 Å². The Hall–Kier alpha value is -0.0800. The van der Waals surface area contributed by atoms with Crippen molar-refractivity contribution < 1.29 is 9.47 Å². The van der Waals surface area contributed by atoms with Gasteiger partial charge in [0.15, 0.2) is 6.29 Å². The average molecular weight is 315 g/mol. The molecule has 3 atom stereocenters. The van der Waals surface area contributed by atoms with Crippen molar-refractivity contribution in [3.05, 3.63) is 0 Å². The lowest BCUT2D eigenvalue weighted by Gasteiger charge is -2.26. The van der Waals surface area contributed by atoms with Crippen LogP contribution in [-0.4, -0.2) is 19.5 Å². The topological polar surface area (TPSA) is 18.5 Å². The number of ether oxygens (including phenoxy) is 2. The van der Waals surface area contributed by atoms with Gasteiger partial charge in [0.05, 0.1) is 13.2 Å². The molecule has 0 N–H and O–H groups in total. The van der Waals surface area contributed by atoms with E-state index in [0.29, 0.717) is 17.8 Å². The first-order valence-electron chi connectivity index (χ1n) is 9.81. The summed E-state index contributed by atoms with van der Waals surface area (Å²) in [4.78, 5) is 0. The molecule has 1 unspecified atom stereocenters. The molecule has 0 saturated heterocycles. The molecule has 0 heterocycles. The van der Waals surface area contributed by atoms with Crippen LogP contribution in [0.25, 0.3) is 0 Å². The first kappa shape index (κ1) is 21.9. The minimum Gasteiger partial charge on any atom is -0.352 e. The molecule has 0 aliphatic rings. The maximum absolute atomic E-state index is 6.13. The van der Waals surface area contributed by atoms with Crippen LogP contribution in [0.5, 0.6) is 0 Å². The van der Waals surface area contributed by atoms with Gasteiger partial charge in [-0.3, -0.25) is 0 Å². The highest BCUT2D eigenvalue weighted by Gasteiger charge is 2.18. The Morgan fingerprint density at radius 1 is 0.682 bits per heavy atom. The third-order valence-corrected chi connectivity index (χ3v) is 4.62. The second-order valence-corrected chi connectivity index (χ2v) is 7.11. The molecule has 0 saturated carbocycles. The first-order chi connectivity index (χ1) is 10.6. The van der Waals surface area contributed by atoms with Crippen LogP contribution in [0.4, 0.5) is 0 Å². The fourth-order valence-electron chi connectivity index (χ4n) is 2.69. The molecule has 0 radical (unpaired) electrons. The highest BCUT2D eigenvalue weighted by atomic mass is 16.7. The van der Waals surface area contributed by atoms with Crippen LogP contribution in [0.3, 0.4) is 0 Å². The van der Waals surface area contributed by atoms with E-state index in [2.05, 4.69) is 41.5 Å². The Balaban J connectivity index is 4.18. The van der Waals surface area contributed by atoms with E-state index in [-0.39, 0.29) is 6.29 Å². The number of unbranched alkanes of at least 4 members (excludes halogenated alkanes) is 2. The van der Waals surface area contributed by atoms with Gasteiger partial charge in [-0.05, 0) is 24.7 Å². The summed E-state index contributed by atoms with van der Waals surface area (Å²) in [5, 5.41) is 0. The smallest absolute Gasteiger partial charge is 0.159 e. The van der Waals surface area contributed by atoms with E-state index in [1.807, 2.05) is 0 Å². The van der Waals surface area contributed by atoms with Crippen molar-refractivity contribution in [2.24, 2.45) is 17.8 Å². The third kappa shape index (κ3) is 10.6. The minimum atomic E-state index is -0.0358. The number of rotatable bonds is 15. The summed E-state index contributed by atoms with van der Waals surface area (Å²) in [7, 11) is 0. The second-order valence-electron chi connectivity index (χ2n) is 7.11. The zero-order valence-corrected chi connectivity index (χ0v) is 16.2. The molecule has 0 spiro atoms. The fraction of sp³-hybridized carbons (Fsp3) is 1.00. The molecule has 0 aromatic heterocycles. The van der Waals surface area contributed by atoms with E-state index in [9.17, 15) is 0 Å². The highest BCUT2D eigenvalue weighted by molar-refractivity contribution is 4.61. The number of hydrogen-bond acceptors (Lipinski definition) is 2. The Morgan fingerprint density at radius 3 is 1.36 bits per heavy atom. The highest BCUT2D eigenvalue weighted by Crippen LogP contribution is 2.19. The molecule has 2 nitrogen and oxygen atoms in total. The molecule has 0 aromatic rings. The van der Waals surface area contributed by atoms with Gasteiger partial charge in [-0.1, -0.05) is 80.1 Å². The molecular formula is C20H42O2. The van der Waals surface area contributed by atoms with E-state index in [1.54, 1.807) is 0 Å². The van der Waals surface area contributed by atoms with Crippen molar-refractivity contribution in [2.75, 3.05) is 13.2 Å². The summed E-state index contributed by atoms with van der Waals surface area (Å²) in [6.45, 7) is 15.2. The van der Waals surface area contributed by atoms with Crippen molar-refractivity contribution in [1.82, 2.24) is 0 Å². The van der Waals surface area contributed by atoms with Gasteiger partial charge in [0.1, 0.15) is 0 Å². The maximum atomic E-state index is 6.13. The summed E-state index contributed by atoms with van der Waals surface area (Å²) >= 11 is 0. The third-order valence-electron chi connectivity index (χ3n) is 4.62. The van der Waals surface area contributed by atoms with Crippen molar-refractivity contribution in [3.63, 3.8) is 0 Å². The molecule has 0 aliphatic carbocycles. The van der Waals surface area contributed by atoms with Crippen molar-refractivity contribution in [1.29, 1.82) is 0 Å². The predicted molar refractivity (Wildman–Crippen MR) is 97.1 cm³/mol. The molecule has 0 aliphatic heterocycles. The Labute approximate surface area is 140 Å². The molecule has 0 fully saturated rings. The summed E-state index contributed by atoms with van der Waals surface area (Å²) in [5.74, 6) is 1.80. The van der Waals surface area contributed by atoms with E-state index >= 15 is 0 Å². The first-order valence-corrected chi connectivity index (χ1v) is 9.81. The van der Waals surface area contributed by atoms with Gasteiger partial charge in [0.25, 0.3) is 0 Å². The van der Waals surface area contributed by atoms with Crippen LogP contribution in [0.2, 0.25) is 0 Å². The lowest BCUT2D eigenvalue weighted by atomic mass is 10.00. The Bertz CT molecular complexity index is 208. The van der Waals surface area contributed by atoms with Crippen LogP contribution in [0, 0.1) is 17.8 Å². The summed E-state index contributed by atoms with van der Waals surface area (Å²) in [5.41, 5.74) is 0. The van der Waals surface area contributed by atoms with Gasteiger partial charge in [-0.15, -0.1) is 0 Å². The molecule has 0 bridgehead atoms. The van der Waals surface area contributed by atoms with Gasteiger partial charge in [-0.2, -0.15) is 0 Å². The van der Waals surface area contributed by atoms with Gasteiger partial charge >= 0.3 is 0 Å². The second kappa shape index (κ2) is 14.5. The van der Waals surface area contributed by atoms with Crippen molar-refractivity contribution in [2.45, 2.75) is 99.2 Å². The molecule has 0 amide bonds. The molecular weight excluding hydrogens is 272 g/mol. The SMILES string of the molecule is CCCC[C@@H](CC)COC(OC[C@@H](CC)CCCC)C(C)C. The zero-order chi connectivity index (χ0) is 16.8. The summed E-state index contributed by atoms with van der Waals surface area (Å²) < 4.78 is 12.3. The maximum Gasteiger partial charge on any atom is 0.159 e. The molecule has 22 heavy (non-hydrogen) atoms. The average Bonchev–Trinajstić information content (AvgIpc) is 2.52. The van der Waals surface area contributed by atoms with Crippen molar-refractivity contribution in [3.8, 4) is 0 Å². The van der Waals surface area contributed by atoms with Gasteiger partial charge in [0.2, 0.25) is 0 Å². The van der Waals surface area contributed by atoms with Crippen LogP contribution < -0.4 is 0 Å². The van der Waals surface area contributed by atoms with Crippen LogP contribution in [-0.2, 0) is 9.47 Å². The van der Waals surface area contributed by atoms with Gasteiger partial charge in [-0.25, -0.2) is 0 Å². The minimum absolute atomic E-state index is 0.0358. The van der Waals surface area contributed by atoms with Crippen molar-refractivity contribution >= 4 is 0 Å². The largest absolute Gasteiger partial charge is 0.352 e. The van der Waals surface area contributed by atoms with E-state index < -0.39 is 0 Å². The fourth-order valence-corrected chi connectivity index (χ4v) is 2.69. The summed E-state index contributed by atoms with van der Waals surface area (Å²) in [6.07, 6.45) is 10.1. The zero-order valence-electron chi connectivity index (χ0n) is 16.2. The lowest BCUT2D eigenvalue weighted by molar-refractivity contribution is -0.180. The Morgan fingerprint density at radius 2 is 1.09 bits per heavy atom. The summed E-state index contributed by atoms with van der Waals surface area (Å²) in [6, 6.07) is 0. The predicted octanol–water partition coefficient (Wildman–Crippen LogP) is 6.43.